The van der Waals surface area contributed by atoms with Crippen molar-refractivity contribution < 1.29 is 38.4 Å². The van der Waals surface area contributed by atoms with Crippen molar-refractivity contribution >= 4 is 30.6 Å². The molecule has 0 aliphatic carbocycles. The zero-order chi connectivity index (χ0) is 39.0. The molecule has 2 aromatic rings. The third kappa shape index (κ3) is 12.9. The molecule has 0 radical (unpaired) electrons. The van der Waals surface area contributed by atoms with Crippen LogP contribution in [0.15, 0.2) is 72.8 Å². The number of aliphatic carboxylic acids is 1. The Balaban J connectivity index is 1.70. The lowest BCUT2D eigenvalue weighted by Gasteiger charge is -2.43. The fourth-order valence-electron chi connectivity index (χ4n) is 7.47. The maximum Gasteiger partial charge on any atom is 0.339 e. The van der Waals surface area contributed by atoms with E-state index in [-0.39, 0.29) is 18.1 Å². The standard InChI is InChI=1S/C44H68O8Si/c1-8-9-10-14-23-30-43(49-34-35-50-43)31-24-15-12-11-13-22-29-38(39(45)46)44(48,40(47)52-41(2,3)4)32-33-51-53(42(5,6)7,36-25-18-16-19-26-36)37-27-20-17-21-28-37/h16-22,25-29,38,48H,8-15,23-24,30-35H2,1-7H3,(H,45,46)/b29-22+/t38-,44+/m1/s1. The van der Waals surface area contributed by atoms with E-state index in [0.29, 0.717) is 19.6 Å². The fraction of sp³-hybridized carbons (Fsp3) is 0.636. The minimum atomic E-state index is -3.01. The molecule has 1 fully saturated rings. The van der Waals surface area contributed by atoms with Crippen molar-refractivity contribution in [3.05, 3.63) is 72.8 Å². The first kappa shape index (κ1) is 44.6. The van der Waals surface area contributed by atoms with Gasteiger partial charge in [0, 0.05) is 25.9 Å². The van der Waals surface area contributed by atoms with Gasteiger partial charge >= 0.3 is 11.9 Å². The number of carbonyl (C=O) groups excluding carboxylic acids is 1. The number of rotatable bonds is 23. The minimum absolute atomic E-state index is 0.0473. The van der Waals surface area contributed by atoms with Crippen molar-refractivity contribution in [1.82, 2.24) is 0 Å². The molecule has 2 N–H and O–H groups in total. The van der Waals surface area contributed by atoms with Gasteiger partial charge in [-0.3, -0.25) is 4.79 Å². The van der Waals surface area contributed by atoms with Gasteiger partial charge in [-0.05, 0) is 61.9 Å². The van der Waals surface area contributed by atoms with E-state index in [2.05, 4.69) is 52.0 Å². The van der Waals surface area contributed by atoms with E-state index in [1.165, 1.54) is 31.8 Å². The van der Waals surface area contributed by atoms with Gasteiger partial charge < -0.3 is 28.8 Å². The summed E-state index contributed by atoms with van der Waals surface area (Å²) in [5.41, 5.74) is -3.29. The largest absolute Gasteiger partial charge is 0.481 e. The van der Waals surface area contributed by atoms with Gasteiger partial charge in [0.25, 0.3) is 8.32 Å². The smallest absolute Gasteiger partial charge is 0.339 e. The number of ether oxygens (including phenoxy) is 3. The molecule has 0 unspecified atom stereocenters. The van der Waals surface area contributed by atoms with Gasteiger partial charge in [0.15, 0.2) is 11.4 Å². The Morgan fingerprint density at radius 3 is 1.79 bits per heavy atom. The fourth-order valence-corrected chi connectivity index (χ4v) is 12.0. The first-order valence-electron chi connectivity index (χ1n) is 20.0. The Labute approximate surface area is 320 Å². The van der Waals surface area contributed by atoms with E-state index >= 15 is 0 Å². The van der Waals surface area contributed by atoms with Crippen LogP contribution in [0.5, 0.6) is 0 Å². The average Bonchev–Trinajstić information content (AvgIpc) is 3.57. The first-order valence-corrected chi connectivity index (χ1v) is 21.9. The van der Waals surface area contributed by atoms with E-state index in [1.807, 2.05) is 36.4 Å². The van der Waals surface area contributed by atoms with Crippen LogP contribution < -0.4 is 10.4 Å². The number of carbonyl (C=O) groups is 2. The molecule has 0 bridgehead atoms. The first-order chi connectivity index (χ1) is 25.1. The Bertz CT molecular complexity index is 1350. The van der Waals surface area contributed by atoms with Gasteiger partial charge in [-0.2, -0.15) is 0 Å². The molecule has 0 aromatic heterocycles. The van der Waals surface area contributed by atoms with Crippen LogP contribution >= 0.6 is 0 Å². The highest BCUT2D eigenvalue weighted by Crippen LogP contribution is 2.38. The van der Waals surface area contributed by atoms with Crippen molar-refractivity contribution in [3.8, 4) is 0 Å². The van der Waals surface area contributed by atoms with Crippen molar-refractivity contribution in [3.63, 3.8) is 0 Å². The Hall–Kier alpha value is -2.82. The second kappa shape index (κ2) is 20.7. The van der Waals surface area contributed by atoms with Crippen LogP contribution in [0.3, 0.4) is 0 Å². The maximum atomic E-state index is 13.7. The monoisotopic (exact) mass is 752 g/mol. The highest BCUT2D eigenvalue weighted by molar-refractivity contribution is 6.99. The molecule has 8 nitrogen and oxygen atoms in total. The Kier molecular flexibility index (Phi) is 17.4. The average molecular weight is 753 g/mol. The third-order valence-corrected chi connectivity index (χ3v) is 15.3. The topological polar surface area (TPSA) is 112 Å². The van der Waals surface area contributed by atoms with Gasteiger partial charge in [-0.25, -0.2) is 4.79 Å². The highest BCUT2D eigenvalue weighted by Gasteiger charge is 2.53. The molecule has 0 spiro atoms. The number of carboxylic acid groups (broad SMARTS) is 1. The van der Waals surface area contributed by atoms with Crippen LogP contribution in [0.1, 0.15) is 132 Å². The van der Waals surface area contributed by atoms with Crippen LogP contribution in [0.2, 0.25) is 5.04 Å². The lowest BCUT2D eigenvalue weighted by atomic mass is 9.83. The van der Waals surface area contributed by atoms with Crippen molar-refractivity contribution in [1.29, 1.82) is 0 Å². The van der Waals surface area contributed by atoms with Crippen molar-refractivity contribution in [2.45, 2.75) is 154 Å². The van der Waals surface area contributed by atoms with E-state index in [4.69, 9.17) is 18.6 Å². The molecular formula is C44H68O8Si. The van der Waals surface area contributed by atoms with Gasteiger partial charge in [-0.15, -0.1) is 0 Å². The van der Waals surface area contributed by atoms with Crippen LogP contribution in [-0.4, -0.2) is 67.3 Å². The molecule has 9 heteroatoms. The number of unbranched alkanes of at least 4 members (excludes halogenated alkanes) is 8. The molecule has 1 heterocycles. The SMILES string of the molecule is CCCCCCCC1(CCCCCC/C=C/[C@H](C(=O)O)[C@@](O)(CCO[Si](c2ccccc2)(c2ccccc2)C(C)(C)C)C(=O)OC(C)(C)C)OCCO1. The number of esters is 1. The van der Waals surface area contributed by atoms with E-state index in [9.17, 15) is 19.8 Å². The zero-order valence-corrected chi connectivity index (χ0v) is 34.7. The highest BCUT2D eigenvalue weighted by atomic mass is 28.4. The lowest BCUT2D eigenvalue weighted by Crippen LogP contribution is -2.67. The normalized spacial score (nSPS) is 16.8. The summed E-state index contributed by atoms with van der Waals surface area (Å²) in [7, 11) is -3.01. The molecule has 3 rings (SSSR count). The van der Waals surface area contributed by atoms with Gasteiger partial charge in [0.05, 0.1) is 13.2 Å². The summed E-state index contributed by atoms with van der Waals surface area (Å²) in [6.07, 6.45) is 15.4. The molecule has 2 atom stereocenters. The number of carboxylic acids is 1. The summed E-state index contributed by atoms with van der Waals surface area (Å²) in [6, 6.07) is 20.2. The predicted octanol–water partition coefficient (Wildman–Crippen LogP) is 8.73. The van der Waals surface area contributed by atoms with Crippen molar-refractivity contribution in [2.24, 2.45) is 5.92 Å². The van der Waals surface area contributed by atoms with Crippen LogP contribution in [0.4, 0.5) is 0 Å². The molecule has 0 saturated carbocycles. The summed E-state index contributed by atoms with van der Waals surface area (Å²) in [6.45, 7) is 15.0. The molecule has 1 aliphatic rings. The van der Waals surface area contributed by atoms with Crippen LogP contribution in [0, 0.1) is 5.92 Å². The van der Waals surface area contributed by atoms with Gasteiger partial charge in [-0.1, -0.05) is 139 Å². The summed E-state index contributed by atoms with van der Waals surface area (Å²) < 4.78 is 24.8. The van der Waals surface area contributed by atoms with Crippen LogP contribution in [0.25, 0.3) is 0 Å². The van der Waals surface area contributed by atoms with Gasteiger partial charge in [0.1, 0.15) is 11.5 Å². The predicted molar refractivity (Wildman–Crippen MR) is 215 cm³/mol. The second-order valence-electron chi connectivity index (χ2n) is 16.7. The minimum Gasteiger partial charge on any atom is -0.481 e. The molecule has 0 amide bonds. The number of hydrogen-bond acceptors (Lipinski definition) is 7. The Morgan fingerprint density at radius 2 is 1.32 bits per heavy atom. The van der Waals surface area contributed by atoms with Gasteiger partial charge in [0.2, 0.25) is 0 Å². The number of hydrogen-bond donors (Lipinski definition) is 2. The van der Waals surface area contributed by atoms with Crippen molar-refractivity contribution in [2.75, 3.05) is 19.8 Å². The Morgan fingerprint density at radius 1 is 0.811 bits per heavy atom. The lowest BCUT2D eigenvalue weighted by molar-refractivity contribution is -0.187. The quantitative estimate of drug-likeness (QED) is 0.0502. The third-order valence-electron chi connectivity index (χ3n) is 10.2. The summed E-state index contributed by atoms with van der Waals surface area (Å²) in [5.74, 6) is -4.22. The molecule has 296 valence electrons. The van der Waals surface area contributed by atoms with Crippen LogP contribution in [-0.2, 0) is 28.2 Å². The van der Waals surface area contributed by atoms with E-state index in [1.54, 1.807) is 26.8 Å². The molecular weight excluding hydrogens is 685 g/mol. The number of allylic oxidation sites excluding steroid dienone is 1. The molecule has 53 heavy (non-hydrogen) atoms. The van der Waals surface area contributed by atoms with E-state index in [0.717, 1.165) is 55.3 Å². The zero-order valence-electron chi connectivity index (χ0n) is 33.7. The molecule has 1 saturated heterocycles. The summed E-state index contributed by atoms with van der Waals surface area (Å²) >= 11 is 0. The number of benzene rings is 2. The number of aliphatic hydroxyl groups is 1. The summed E-state index contributed by atoms with van der Waals surface area (Å²) in [4.78, 5) is 26.5. The molecule has 1 aliphatic heterocycles. The molecule has 2 aromatic carbocycles. The maximum absolute atomic E-state index is 13.7. The second-order valence-corrected chi connectivity index (χ2v) is 21.0. The van der Waals surface area contributed by atoms with E-state index < -0.39 is 43.2 Å². The summed E-state index contributed by atoms with van der Waals surface area (Å²) in [5, 5.41) is 24.3.